The highest BCUT2D eigenvalue weighted by Gasteiger charge is 2.14. The van der Waals surface area contributed by atoms with Crippen LogP contribution in [-0.4, -0.2) is 23.3 Å². The van der Waals surface area contributed by atoms with Gasteiger partial charge in [-0.3, -0.25) is 4.79 Å². The predicted molar refractivity (Wildman–Crippen MR) is 43.7 cm³/mol. The van der Waals surface area contributed by atoms with Crippen molar-refractivity contribution >= 4 is 5.97 Å². The lowest BCUT2D eigenvalue weighted by atomic mass is 10.1. The molecule has 0 atom stereocenters. The first-order valence-corrected chi connectivity index (χ1v) is 3.86. The first kappa shape index (κ1) is 9.57. The van der Waals surface area contributed by atoms with Gasteiger partial charge < -0.3 is 14.4 Å². The Morgan fingerprint density at radius 2 is 2.38 bits per heavy atom. The minimum absolute atomic E-state index is 0.0540. The monoisotopic (exact) mass is 185 g/mol. The minimum atomic E-state index is -0.845. The number of methoxy groups -OCH3 is 1. The van der Waals surface area contributed by atoms with Crippen LogP contribution in [0.2, 0.25) is 0 Å². The highest BCUT2D eigenvalue weighted by molar-refractivity contribution is 5.67. The van der Waals surface area contributed by atoms with Gasteiger partial charge in [0.25, 0.3) is 0 Å². The molecule has 0 saturated heterocycles. The Bertz CT molecular complexity index is 305. The smallest absolute Gasteiger partial charge is 0.314 e. The van der Waals surface area contributed by atoms with Gasteiger partial charge in [0.05, 0.1) is 18.4 Å². The number of carboxylic acids is 1. The molecule has 1 rings (SSSR count). The molecule has 0 unspecified atom stereocenters. The summed E-state index contributed by atoms with van der Waals surface area (Å²) in [6, 6.07) is 0. The van der Waals surface area contributed by atoms with Crippen molar-refractivity contribution in [2.45, 2.75) is 19.8 Å². The van der Waals surface area contributed by atoms with Gasteiger partial charge in [0, 0.05) is 6.42 Å². The van der Waals surface area contributed by atoms with Gasteiger partial charge in [0.2, 0.25) is 0 Å². The summed E-state index contributed by atoms with van der Waals surface area (Å²) in [5.41, 5.74) is 1.41. The number of hydrogen-bond donors (Lipinski definition) is 1. The summed E-state index contributed by atoms with van der Waals surface area (Å²) in [4.78, 5) is 10.3. The fourth-order valence-electron chi connectivity index (χ4n) is 1.04. The third kappa shape index (κ3) is 2.21. The maximum atomic E-state index is 10.3. The van der Waals surface area contributed by atoms with Gasteiger partial charge in [-0.25, -0.2) is 0 Å². The van der Waals surface area contributed by atoms with Crippen LogP contribution in [0.1, 0.15) is 17.7 Å². The molecule has 13 heavy (non-hydrogen) atoms. The Kier molecular flexibility index (Phi) is 2.89. The Balaban J connectivity index is 2.73. The van der Waals surface area contributed by atoms with E-state index in [4.69, 9.17) is 14.4 Å². The number of carboxylic acid groups (broad SMARTS) is 1. The molecule has 5 nitrogen and oxygen atoms in total. The molecule has 0 aliphatic heterocycles. The van der Waals surface area contributed by atoms with E-state index < -0.39 is 5.97 Å². The Hall–Kier alpha value is -1.52. The van der Waals surface area contributed by atoms with Crippen LogP contribution in [-0.2, 0) is 11.2 Å². The third-order valence-corrected chi connectivity index (χ3v) is 1.72. The first-order chi connectivity index (χ1) is 6.15. The molecular weight excluding hydrogens is 174 g/mol. The van der Waals surface area contributed by atoms with E-state index in [9.17, 15) is 4.79 Å². The summed E-state index contributed by atoms with van der Waals surface area (Å²) in [6.07, 6.45) is 0.437. The lowest BCUT2D eigenvalue weighted by Crippen LogP contribution is -1.99. The number of carbonyl (C=O) groups is 1. The van der Waals surface area contributed by atoms with Gasteiger partial charge in [0.1, 0.15) is 0 Å². The van der Waals surface area contributed by atoms with Crippen LogP contribution in [0, 0.1) is 6.92 Å². The van der Waals surface area contributed by atoms with Crippen LogP contribution < -0.4 is 4.74 Å². The molecule has 1 aromatic rings. The number of ether oxygens (including phenoxy) is 1. The van der Waals surface area contributed by atoms with Crippen molar-refractivity contribution in [3.05, 3.63) is 11.3 Å². The lowest BCUT2D eigenvalue weighted by Gasteiger charge is -1.97. The predicted octanol–water partition coefficient (Wildman–Crippen LogP) is 1.01. The van der Waals surface area contributed by atoms with Crippen molar-refractivity contribution in [2.75, 3.05) is 7.11 Å². The molecule has 0 aliphatic rings. The standard InChI is InChI=1S/C8H11NO4/c1-5-6(3-4-7(10)11)8(12-2)13-9-5/h3-4H2,1-2H3,(H,10,11). The Morgan fingerprint density at radius 1 is 1.69 bits per heavy atom. The summed E-state index contributed by atoms with van der Waals surface area (Å²) in [5.74, 6) is -0.540. The molecule has 1 N–H and O–H groups in total. The van der Waals surface area contributed by atoms with Gasteiger partial charge in [-0.05, 0) is 13.3 Å². The van der Waals surface area contributed by atoms with E-state index in [1.165, 1.54) is 7.11 Å². The number of aliphatic carboxylic acids is 1. The number of aromatic nitrogens is 1. The molecule has 0 radical (unpaired) electrons. The molecule has 0 bridgehead atoms. The SMILES string of the molecule is COc1onc(C)c1CCC(=O)O. The zero-order valence-corrected chi connectivity index (χ0v) is 7.53. The van der Waals surface area contributed by atoms with Crippen molar-refractivity contribution < 1.29 is 19.2 Å². The highest BCUT2D eigenvalue weighted by Crippen LogP contribution is 2.22. The molecule has 72 valence electrons. The summed E-state index contributed by atoms with van der Waals surface area (Å²) < 4.78 is 9.69. The second-order valence-corrected chi connectivity index (χ2v) is 2.63. The van der Waals surface area contributed by atoms with Crippen molar-refractivity contribution in [1.82, 2.24) is 5.16 Å². The highest BCUT2D eigenvalue weighted by atomic mass is 16.6. The number of nitrogens with zero attached hydrogens (tertiary/aromatic N) is 1. The molecule has 0 aliphatic carbocycles. The number of hydrogen-bond acceptors (Lipinski definition) is 4. The van der Waals surface area contributed by atoms with Crippen LogP contribution >= 0.6 is 0 Å². The lowest BCUT2D eigenvalue weighted by molar-refractivity contribution is -0.136. The maximum Gasteiger partial charge on any atom is 0.314 e. The van der Waals surface area contributed by atoms with E-state index in [0.29, 0.717) is 18.1 Å². The van der Waals surface area contributed by atoms with E-state index in [0.717, 1.165) is 5.56 Å². The quantitative estimate of drug-likeness (QED) is 0.757. The molecule has 1 heterocycles. The van der Waals surface area contributed by atoms with Gasteiger partial charge in [0.15, 0.2) is 0 Å². The summed E-state index contributed by atoms with van der Waals surface area (Å²) in [5, 5.41) is 12.1. The molecule has 1 aromatic heterocycles. The topological polar surface area (TPSA) is 72.6 Å². The van der Waals surface area contributed by atoms with Crippen molar-refractivity contribution in [3.63, 3.8) is 0 Å². The van der Waals surface area contributed by atoms with E-state index >= 15 is 0 Å². The van der Waals surface area contributed by atoms with E-state index in [2.05, 4.69) is 5.16 Å². The first-order valence-electron chi connectivity index (χ1n) is 3.86. The summed E-state index contributed by atoms with van der Waals surface area (Å²) in [6.45, 7) is 1.75. The second-order valence-electron chi connectivity index (χ2n) is 2.63. The fourth-order valence-corrected chi connectivity index (χ4v) is 1.04. The average molecular weight is 185 g/mol. The zero-order valence-electron chi connectivity index (χ0n) is 7.53. The van der Waals surface area contributed by atoms with Crippen molar-refractivity contribution in [3.8, 4) is 5.95 Å². The van der Waals surface area contributed by atoms with Crippen molar-refractivity contribution in [1.29, 1.82) is 0 Å². The van der Waals surface area contributed by atoms with E-state index in [-0.39, 0.29) is 6.42 Å². The molecule has 0 saturated carbocycles. The van der Waals surface area contributed by atoms with Crippen LogP contribution in [0.4, 0.5) is 0 Å². The van der Waals surface area contributed by atoms with Crippen LogP contribution in [0.5, 0.6) is 5.95 Å². The molecule has 0 aromatic carbocycles. The Morgan fingerprint density at radius 3 is 2.92 bits per heavy atom. The zero-order chi connectivity index (χ0) is 9.84. The molecule has 0 spiro atoms. The van der Waals surface area contributed by atoms with Gasteiger partial charge >= 0.3 is 11.9 Å². The molecule has 0 amide bonds. The second kappa shape index (κ2) is 3.93. The molecule has 5 heteroatoms. The summed E-state index contributed by atoms with van der Waals surface area (Å²) >= 11 is 0. The van der Waals surface area contributed by atoms with Crippen LogP contribution in [0.15, 0.2) is 4.52 Å². The fraction of sp³-hybridized carbons (Fsp3) is 0.500. The number of rotatable bonds is 4. The largest absolute Gasteiger partial charge is 0.481 e. The molecule has 0 fully saturated rings. The number of aryl methyl sites for hydroxylation is 1. The maximum absolute atomic E-state index is 10.3. The Labute approximate surface area is 75.3 Å². The van der Waals surface area contributed by atoms with Crippen LogP contribution in [0.25, 0.3) is 0 Å². The van der Waals surface area contributed by atoms with Crippen molar-refractivity contribution in [2.24, 2.45) is 0 Å². The molecular formula is C8H11NO4. The summed E-state index contributed by atoms with van der Waals surface area (Å²) in [7, 11) is 1.46. The van der Waals surface area contributed by atoms with Gasteiger partial charge in [-0.2, -0.15) is 0 Å². The normalized spacial score (nSPS) is 10.0. The average Bonchev–Trinajstić information content (AvgIpc) is 2.43. The third-order valence-electron chi connectivity index (χ3n) is 1.72. The minimum Gasteiger partial charge on any atom is -0.481 e. The van der Waals surface area contributed by atoms with E-state index in [1.807, 2.05) is 0 Å². The van der Waals surface area contributed by atoms with Gasteiger partial charge in [-0.1, -0.05) is 5.16 Å². The van der Waals surface area contributed by atoms with Crippen LogP contribution in [0.3, 0.4) is 0 Å². The van der Waals surface area contributed by atoms with E-state index in [1.54, 1.807) is 6.92 Å². The van der Waals surface area contributed by atoms with Gasteiger partial charge in [-0.15, -0.1) is 0 Å².